The number of hydrogen-bond donors (Lipinski definition) is 2. The Morgan fingerprint density at radius 2 is 2.04 bits per heavy atom. The number of aromatic amines is 1. The molecule has 25 heavy (non-hydrogen) atoms. The average Bonchev–Trinajstić information content (AvgIpc) is 2.88. The van der Waals surface area contributed by atoms with Crippen LogP contribution in [0.2, 0.25) is 0 Å². The summed E-state index contributed by atoms with van der Waals surface area (Å²) in [6.07, 6.45) is 0. The minimum Gasteiger partial charge on any atom is -0.493 e. The number of hydrogen-bond acceptors (Lipinski definition) is 4. The molecule has 0 bridgehead atoms. The number of amides is 1. The Morgan fingerprint density at radius 3 is 2.80 bits per heavy atom. The molecule has 0 atom stereocenters. The summed E-state index contributed by atoms with van der Waals surface area (Å²) >= 11 is 0. The molecule has 2 N–H and O–H groups in total. The molecule has 1 heterocycles. The van der Waals surface area contributed by atoms with E-state index in [4.69, 9.17) is 4.74 Å². The van der Waals surface area contributed by atoms with E-state index in [-0.39, 0.29) is 17.3 Å². The van der Waals surface area contributed by atoms with Crippen LogP contribution in [0.4, 0.5) is 10.1 Å². The zero-order chi connectivity index (χ0) is 18.0. The fourth-order valence-corrected chi connectivity index (χ4v) is 2.56. The summed E-state index contributed by atoms with van der Waals surface area (Å²) in [7, 11) is 0. The highest BCUT2D eigenvalue weighted by molar-refractivity contribution is 5.96. The lowest BCUT2D eigenvalue weighted by Gasteiger charge is -2.03. The van der Waals surface area contributed by atoms with E-state index in [1.54, 1.807) is 6.07 Å². The zero-order valence-corrected chi connectivity index (χ0v) is 13.7. The Morgan fingerprint density at radius 1 is 1.28 bits per heavy atom. The predicted molar refractivity (Wildman–Crippen MR) is 90.9 cm³/mol. The maximum absolute atomic E-state index is 13.4. The van der Waals surface area contributed by atoms with Gasteiger partial charge in [0.25, 0.3) is 0 Å². The first-order valence-electron chi connectivity index (χ1n) is 7.59. The number of H-pyrrole nitrogens is 1. The Labute approximate surface area is 143 Å². The van der Waals surface area contributed by atoms with Gasteiger partial charge in [0.05, 0.1) is 5.52 Å². The summed E-state index contributed by atoms with van der Waals surface area (Å²) < 4.78 is 18.5. The van der Waals surface area contributed by atoms with Crippen molar-refractivity contribution in [2.75, 3.05) is 6.61 Å². The number of rotatable bonds is 4. The molecule has 0 aliphatic carbocycles. The van der Waals surface area contributed by atoms with Gasteiger partial charge in [0.1, 0.15) is 0 Å². The van der Waals surface area contributed by atoms with Gasteiger partial charge in [-0.3, -0.25) is 4.79 Å². The largest absolute Gasteiger partial charge is 0.493 e. The van der Waals surface area contributed by atoms with E-state index >= 15 is 0 Å². The first-order chi connectivity index (χ1) is 12.0. The molecule has 0 radical (unpaired) electrons. The van der Waals surface area contributed by atoms with Gasteiger partial charge in [-0.1, -0.05) is 23.8 Å². The number of aromatic hydroxyl groups is 1. The van der Waals surface area contributed by atoms with Gasteiger partial charge >= 0.3 is 5.91 Å². The second kappa shape index (κ2) is 6.72. The summed E-state index contributed by atoms with van der Waals surface area (Å²) in [6, 6.07) is 9.57. The van der Waals surface area contributed by atoms with Crippen molar-refractivity contribution in [1.29, 1.82) is 0 Å². The number of nitrogens with one attached hydrogen (secondary N) is 1. The SMILES string of the molecule is Cc1cc(C)c2[nH]c(O)c(N=NC(=O)COc3ccccc3F)c2c1. The lowest BCUT2D eigenvalue weighted by atomic mass is 10.1. The normalized spacial score (nSPS) is 11.3. The molecule has 1 amide bonds. The number of aryl methyl sites for hydroxylation is 2. The van der Waals surface area contributed by atoms with Crippen molar-refractivity contribution in [2.24, 2.45) is 10.2 Å². The molecule has 0 unspecified atom stereocenters. The summed E-state index contributed by atoms with van der Waals surface area (Å²) in [6.45, 7) is 3.37. The Bertz CT molecular complexity index is 979. The molecule has 0 saturated heterocycles. The van der Waals surface area contributed by atoms with Crippen LogP contribution >= 0.6 is 0 Å². The monoisotopic (exact) mass is 341 g/mol. The van der Waals surface area contributed by atoms with Crippen molar-refractivity contribution in [3.8, 4) is 11.6 Å². The molecule has 6 nitrogen and oxygen atoms in total. The fourth-order valence-electron chi connectivity index (χ4n) is 2.56. The van der Waals surface area contributed by atoms with Gasteiger partial charge in [0, 0.05) is 5.39 Å². The minimum atomic E-state index is -0.693. The number of halogens is 1. The molecule has 0 fully saturated rings. The number of fused-ring (bicyclic) bond motifs is 1. The van der Waals surface area contributed by atoms with Crippen molar-refractivity contribution >= 4 is 22.5 Å². The van der Waals surface area contributed by atoms with Crippen LogP contribution in [0, 0.1) is 19.7 Å². The van der Waals surface area contributed by atoms with Crippen LogP contribution in [0.25, 0.3) is 10.9 Å². The molecule has 128 valence electrons. The second-order valence-electron chi connectivity index (χ2n) is 5.64. The highest BCUT2D eigenvalue weighted by Gasteiger charge is 2.13. The van der Waals surface area contributed by atoms with Crippen molar-refractivity contribution in [2.45, 2.75) is 13.8 Å². The smallest absolute Gasteiger partial charge is 0.302 e. The van der Waals surface area contributed by atoms with Crippen LogP contribution < -0.4 is 4.74 Å². The van der Waals surface area contributed by atoms with Gasteiger partial charge < -0.3 is 14.8 Å². The molecule has 3 rings (SSSR count). The summed E-state index contributed by atoms with van der Waals surface area (Å²) in [5.41, 5.74) is 2.85. The third-order valence-electron chi connectivity index (χ3n) is 3.65. The van der Waals surface area contributed by atoms with Crippen molar-refractivity contribution in [1.82, 2.24) is 4.98 Å². The van der Waals surface area contributed by atoms with E-state index in [1.165, 1.54) is 18.2 Å². The Balaban J connectivity index is 1.78. The van der Waals surface area contributed by atoms with Gasteiger partial charge in [0.15, 0.2) is 23.9 Å². The maximum Gasteiger partial charge on any atom is 0.302 e. The van der Waals surface area contributed by atoms with Gasteiger partial charge in [-0.05, 0) is 37.6 Å². The zero-order valence-electron chi connectivity index (χ0n) is 13.7. The minimum absolute atomic E-state index is 0.0350. The third kappa shape index (κ3) is 3.50. The molecule has 3 aromatic rings. The molecule has 7 heteroatoms. The van der Waals surface area contributed by atoms with E-state index in [0.29, 0.717) is 5.39 Å². The number of benzene rings is 2. The maximum atomic E-state index is 13.4. The predicted octanol–water partition coefficient (Wildman–Crippen LogP) is 4.32. The molecule has 0 saturated carbocycles. The van der Waals surface area contributed by atoms with Gasteiger partial charge in [0.2, 0.25) is 5.88 Å². The van der Waals surface area contributed by atoms with Gasteiger partial charge in [-0.15, -0.1) is 10.2 Å². The van der Waals surface area contributed by atoms with Crippen LogP contribution in [0.3, 0.4) is 0 Å². The summed E-state index contributed by atoms with van der Waals surface area (Å²) in [5.74, 6) is -1.46. The van der Waals surface area contributed by atoms with E-state index in [1.807, 2.05) is 26.0 Å². The highest BCUT2D eigenvalue weighted by atomic mass is 19.1. The van der Waals surface area contributed by atoms with Gasteiger partial charge in [-0.2, -0.15) is 0 Å². The van der Waals surface area contributed by atoms with Crippen LogP contribution in [0.15, 0.2) is 46.6 Å². The topological polar surface area (TPSA) is 87.0 Å². The number of aromatic nitrogens is 1. The lowest BCUT2D eigenvalue weighted by molar-refractivity contribution is -0.120. The summed E-state index contributed by atoms with van der Waals surface area (Å²) in [4.78, 5) is 14.6. The van der Waals surface area contributed by atoms with E-state index in [0.717, 1.165) is 16.6 Å². The first kappa shape index (κ1) is 16.6. The standard InChI is InChI=1S/C18H16FN3O3/c1-10-7-11(2)16-12(8-10)17(18(24)20-16)22-21-15(23)9-25-14-6-4-3-5-13(14)19/h3-8,20,24H,9H2,1-2H3. The number of carbonyl (C=O) groups is 1. The Hall–Kier alpha value is -3.22. The number of ether oxygens (including phenoxy) is 1. The number of nitrogens with zero attached hydrogens (tertiary/aromatic N) is 2. The lowest BCUT2D eigenvalue weighted by Crippen LogP contribution is -2.08. The average molecular weight is 341 g/mol. The highest BCUT2D eigenvalue weighted by Crippen LogP contribution is 2.37. The Kier molecular flexibility index (Phi) is 4.47. The molecule has 2 aromatic carbocycles. The van der Waals surface area contributed by atoms with E-state index in [9.17, 15) is 14.3 Å². The van der Waals surface area contributed by atoms with Crippen molar-refractivity contribution < 1.29 is 19.0 Å². The van der Waals surface area contributed by atoms with Crippen LogP contribution in [0.1, 0.15) is 11.1 Å². The molecule has 1 aromatic heterocycles. The number of azo groups is 1. The molecular weight excluding hydrogens is 325 g/mol. The molecule has 0 aliphatic heterocycles. The van der Waals surface area contributed by atoms with E-state index < -0.39 is 18.3 Å². The fraction of sp³-hybridized carbons (Fsp3) is 0.167. The van der Waals surface area contributed by atoms with Crippen LogP contribution in [-0.2, 0) is 4.79 Å². The number of para-hydroxylation sites is 1. The molecule has 0 aliphatic rings. The number of carbonyl (C=O) groups excluding carboxylic acids is 1. The van der Waals surface area contributed by atoms with Crippen LogP contribution in [-0.4, -0.2) is 22.6 Å². The quantitative estimate of drug-likeness (QED) is 0.693. The van der Waals surface area contributed by atoms with Gasteiger partial charge in [-0.25, -0.2) is 4.39 Å². The van der Waals surface area contributed by atoms with Crippen molar-refractivity contribution in [3.63, 3.8) is 0 Å². The second-order valence-corrected chi connectivity index (χ2v) is 5.64. The molecular formula is C18H16FN3O3. The van der Waals surface area contributed by atoms with Crippen LogP contribution in [0.5, 0.6) is 11.6 Å². The third-order valence-corrected chi connectivity index (χ3v) is 3.65. The summed E-state index contributed by atoms with van der Waals surface area (Å²) in [5, 5.41) is 18.0. The van der Waals surface area contributed by atoms with Crippen molar-refractivity contribution in [3.05, 3.63) is 53.3 Å². The first-order valence-corrected chi connectivity index (χ1v) is 7.59. The van der Waals surface area contributed by atoms with E-state index in [2.05, 4.69) is 15.2 Å². The molecule has 0 spiro atoms.